The van der Waals surface area contributed by atoms with Crippen LogP contribution in [0.25, 0.3) is 0 Å². The second kappa shape index (κ2) is 6.17. The molecule has 0 aromatic rings. The third kappa shape index (κ3) is 9.28. The molecule has 0 radical (unpaired) electrons. The second-order valence-corrected chi connectivity index (χ2v) is 8.56. The van der Waals surface area contributed by atoms with E-state index in [2.05, 4.69) is 20.7 Å². The van der Waals surface area contributed by atoms with Gasteiger partial charge in [-0.2, -0.15) is 0 Å². The van der Waals surface area contributed by atoms with E-state index in [0.717, 1.165) is 18.0 Å². The predicted octanol–water partition coefficient (Wildman–Crippen LogP) is 0.472. The van der Waals surface area contributed by atoms with Crippen molar-refractivity contribution in [2.24, 2.45) is 0 Å². The zero-order valence-electron chi connectivity index (χ0n) is 8.73. The van der Waals surface area contributed by atoms with Crippen molar-refractivity contribution >= 4 is 35.8 Å². The van der Waals surface area contributed by atoms with Crippen molar-refractivity contribution in [3.8, 4) is 0 Å². The molecule has 0 aliphatic heterocycles. The molecule has 15 heavy (non-hydrogen) atoms. The molecule has 0 spiro atoms. The maximum Gasteiger partial charge on any atom is 0.226 e. The van der Waals surface area contributed by atoms with Crippen molar-refractivity contribution < 1.29 is 16.8 Å². The summed E-state index contributed by atoms with van der Waals surface area (Å²) in [6, 6.07) is -0.241. The normalized spacial score (nSPS) is 15.1. The minimum Gasteiger partial charge on any atom is -0.228 e. The van der Waals surface area contributed by atoms with Gasteiger partial charge < -0.3 is 0 Å². The van der Waals surface area contributed by atoms with Crippen molar-refractivity contribution in [1.82, 2.24) is 4.72 Å². The van der Waals surface area contributed by atoms with E-state index in [4.69, 9.17) is 0 Å². The molecule has 0 rings (SSSR count). The van der Waals surface area contributed by atoms with E-state index in [1.54, 1.807) is 6.92 Å². The van der Waals surface area contributed by atoms with Gasteiger partial charge in [0, 0.05) is 17.6 Å². The van der Waals surface area contributed by atoms with Crippen molar-refractivity contribution in [3.63, 3.8) is 0 Å². The minimum absolute atomic E-state index is 0.241. The Kier molecular flexibility index (Phi) is 6.31. The third-order valence-electron chi connectivity index (χ3n) is 1.52. The number of rotatable bonds is 7. The maximum atomic E-state index is 11.3. The molecule has 0 aliphatic rings. The van der Waals surface area contributed by atoms with Crippen LogP contribution in [0.5, 0.6) is 0 Å². The van der Waals surface area contributed by atoms with Gasteiger partial charge in [-0.25, -0.2) is 21.6 Å². The van der Waals surface area contributed by atoms with Gasteiger partial charge in [0.1, 0.15) is 0 Å². The number of hydrogen-bond donors (Lipinski definition) is 1. The Morgan fingerprint density at radius 1 is 1.27 bits per heavy atom. The summed E-state index contributed by atoms with van der Waals surface area (Å²) in [7, 11) is -7.23. The molecular weight excluding hydrogens is 306 g/mol. The summed E-state index contributed by atoms with van der Waals surface area (Å²) >= 11 is 3.23. The summed E-state index contributed by atoms with van der Waals surface area (Å²) in [5, 5.41) is -0.0518. The molecule has 1 N–H and O–H groups in total. The van der Waals surface area contributed by atoms with Crippen LogP contribution in [-0.4, -0.2) is 39.5 Å². The highest BCUT2D eigenvalue weighted by Gasteiger charge is 2.19. The van der Waals surface area contributed by atoms with E-state index in [-0.39, 0.29) is 6.04 Å². The molecule has 0 heterocycles. The Morgan fingerprint density at radius 2 is 1.80 bits per heavy atom. The van der Waals surface area contributed by atoms with Gasteiger partial charge in [0.15, 0.2) is 14.9 Å². The van der Waals surface area contributed by atoms with Crippen LogP contribution in [0.15, 0.2) is 0 Å². The van der Waals surface area contributed by atoms with Crippen LogP contribution < -0.4 is 4.72 Å². The molecule has 0 saturated carbocycles. The fourth-order valence-corrected chi connectivity index (χ4v) is 4.65. The smallest absolute Gasteiger partial charge is 0.226 e. The van der Waals surface area contributed by atoms with Gasteiger partial charge in [-0.3, -0.25) is 0 Å². The van der Waals surface area contributed by atoms with Gasteiger partial charge >= 0.3 is 0 Å². The number of alkyl halides is 1. The van der Waals surface area contributed by atoms with Crippen molar-refractivity contribution in [3.05, 3.63) is 0 Å². The summed E-state index contributed by atoms with van der Waals surface area (Å²) in [6.45, 7) is 1.71. The zero-order chi connectivity index (χ0) is 12.1. The summed E-state index contributed by atoms with van der Waals surface area (Å²) in [5.41, 5.74) is 0. The van der Waals surface area contributed by atoms with Crippen LogP contribution >= 0.6 is 15.9 Å². The Bertz CT molecular complexity index is 376. The van der Waals surface area contributed by atoms with Crippen molar-refractivity contribution in [2.75, 3.05) is 16.7 Å². The fourth-order valence-electron chi connectivity index (χ4n) is 1.06. The topological polar surface area (TPSA) is 80.3 Å². The number of halogens is 1. The standard InChI is InChI=1S/C7H16BrNO4S2/c1-7(4-3-5-8)9-15(12,13)6-14(2,10)11/h7,9H,3-6H2,1-2H3. The minimum atomic E-state index is -3.72. The number of sulfonamides is 1. The first-order chi connectivity index (χ1) is 6.66. The lowest BCUT2D eigenvalue weighted by molar-refractivity contribution is 0.547. The molecule has 1 atom stereocenters. The highest BCUT2D eigenvalue weighted by molar-refractivity contribution is 9.09. The zero-order valence-corrected chi connectivity index (χ0v) is 12.0. The molecule has 5 nitrogen and oxygen atoms in total. The quantitative estimate of drug-likeness (QED) is 0.691. The number of hydrogen-bond acceptors (Lipinski definition) is 4. The molecular formula is C7H16BrNO4S2. The van der Waals surface area contributed by atoms with Gasteiger partial charge in [-0.1, -0.05) is 15.9 Å². The van der Waals surface area contributed by atoms with Crippen LogP contribution in [-0.2, 0) is 19.9 Å². The molecule has 92 valence electrons. The Labute approximate surface area is 99.7 Å². The van der Waals surface area contributed by atoms with Gasteiger partial charge in [0.2, 0.25) is 10.0 Å². The molecule has 0 aliphatic carbocycles. The molecule has 1 unspecified atom stereocenters. The van der Waals surface area contributed by atoms with Gasteiger partial charge in [0.25, 0.3) is 0 Å². The van der Waals surface area contributed by atoms with E-state index in [1.807, 2.05) is 0 Å². The van der Waals surface area contributed by atoms with E-state index >= 15 is 0 Å². The Hall–Kier alpha value is 0.340. The van der Waals surface area contributed by atoms with E-state index < -0.39 is 24.9 Å². The van der Waals surface area contributed by atoms with Crippen molar-refractivity contribution in [1.29, 1.82) is 0 Å². The Morgan fingerprint density at radius 3 is 2.20 bits per heavy atom. The van der Waals surface area contributed by atoms with E-state index in [1.165, 1.54) is 0 Å². The third-order valence-corrected chi connectivity index (χ3v) is 5.80. The second-order valence-electron chi connectivity index (χ2n) is 3.51. The number of nitrogens with one attached hydrogen (secondary N) is 1. The first-order valence-electron chi connectivity index (χ1n) is 4.40. The van der Waals surface area contributed by atoms with Gasteiger partial charge in [-0.05, 0) is 19.8 Å². The molecule has 0 aromatic heterocycles. The SMILES string of the molecule is CC(CCCBr)NS(=O)(=O)CS(C)(=O)=O. The molecule has 0 aromatic carbocycles. The first-order valence-corrected chi connectivity index (χ1v) is 9.23. The highest BCUT2D eigenvalue weighted by atomic mass is 79.9. The lowest BCUT2D eigenvalue weighted by atomic mass is 10.2. The van der Waals surface area contributed by atoms with Crippen molar-refractivity contribution in [2.45, 2.75) is 25.8 Å². The van der Waals surface area contributed by atoms with E-state index in [0.29, 0.717) is 6.42 Å². The Balaban J connectivity index is 4.27. The molecule has 0 bridgehead atoms. The van der Waals surface area contributed by atoms with Crippen LogP contribution in [0, 0.1) is 0 Å². The fraction of sp³-hybridized carbons (Fsp3) is 1.00. The lowest BCUT2D eigenvalue weighted by Gasteiger charge is -2.12. The molecule has 0 saturated heterocycles. The lowest BCUT2D eigenvalue weighted by Crippen LogP contribution is -2.36. The predicted molar refractivity (Wildman–Crippen MR) is 64.3 cm³/mol. The maximum absolute atomic E-state index is 11.3. The summed E-state index contributed by atoms with van der Waals surface area (Å²) in [5.74, 6) is 0. The first kappa shape index (κ1) is 15.3. The van der Waals surface area contributed by atoms with E-state index in [9.17, 15) is 16.8 Å². The largest absolute Gasteiger partial charge is 0.228 e. The van der Waals surface area contributed by atoms with Gasteiger partial charge in [-0.15, -0.1) is 0 Å². The average molecular weight is 322 g/mol. The van der Waals surface area contributed by atoms with Gasteiger partial charge in [0.05, 0.1) is 0 Å². The van der Waals surface area contributed by atoms with Crippen LogP contribution in [0.2, 0.25) is 0 Å². The van der Waals surface area contributed by atoms with Crippen LogP contribution in [0.3, 0.4) is 0 Å². The molecule has 0 fully saturated rings. The van der Waals surface area contributed by atoms with Crippen LogP contribution in [0.4, 0.5) is 0 Å². The summed E-state index contributed by atoms with van der Waals surface area (Å²) < 4.78 is 46.6. The van der Waals surface area contributed by atoms with Crippen LogP contribution in [0.1, 0.15) is 19.8 Å². The average Bonchev–Trinajstić information content (AvgIpc) is 1.94. The number of sulfone groups is 1. The molecule has 0 amide bonds. The molecule has 8 heteroatoms. The summed E-state index contributed by atoms with van der Waals surface area (Å²) in [4.78, 5) is 0. The summed E-state index contributed by atoms with van der Waals surface area (Å²) in [6.07, 6.45) is 2.41. The highest BCUT2D eigenvalue weighted by Crippen LogP contribution is 2.02. The monoisotopic (exact) mass is 321 g/mol.